The molecule has 1 aromatic carbocycles. The molecule has 22 heavy (non-hydrogen) atoms. The van der Waals surface area contributed by atoms with Gasteiger partial charge in [-0.1, -0.05) is 18.2 Å². The van der Waals surface area contributed by atoms with E-state index in [4.69, 9.17) is 0 Å². The molecule has 0 spiro atoms. The minimum atomic E-state index is -0.235. The van der Waals surface area contributed by atoms with Gasteiger partial charge in [0.2, 0.25) is 5.91 Å². The first-order chi connectivity index (χ1) is 10.6. The number of halogens is 1. The Labute approximate surface area is 130 Å². The van der Waals surface area contributed by atoms with Crippen molar-refractivity contribution < 1.29 is 9.18 Å². The van der Waals surface area contributed by atoms with Crippen LogP contribution < -0.4 is 5.32 Å². The van der Waals surface area contributed by atoms with Crippen molar-refractivity contribution in [1.29, 1.82) is 0 Å². The standard InChI is InChI=1S/C18H21FN2O/c1-13-5-4-12-20-18(13)14(2)21-17(22)7-3-6-15-8-10-16(19)11-9-15/h4-5,8-12,14H,3,6-7H2,1-2H3,(H,21,22)/t14-/m1/s1. The van der Waals surface area contributed by atoms with Crippen molar-refractivity contribution in [3.8, 4) is 0 Å². The number of carbonyl (C=O) groups is 1. The topological polar surface area (TPSA) is 42.0 Å². The van der Waals surface area contributed by atoms with Gasteiger partial charge >= 0.3 is 0 Å². The van der Waals surface area contributed by atoms with Crippen molar-refractivity contribution in [2.45, 2.75) is 39.2 Å². The first kappa shape index (κ1) is 16.1. The molecule has 0 bridgehead atoms. The van der Waals surface area contributed by atoms with Crippen LogP contribution in [0.15, 0.2) is 42.6 Å². The molecule has 3 nitrogen and oxygen atoms in total. The summed E-state index contributed by atoms with van der Waals surface area (Å²) in [6, 6.07) is 10.2. The molecule has 116 valence electrons. The summed E-state index contributed by atoms with van der Waals surface area (Å²) in [7, 11) is 0. The third-order valence-corrected chi connectivity index (χ3v) is 3.62. The van der Waals surface area contributed by atoms with Crippen LogP contribution in [-0.2, 0) is 11.2 Å². The van der Waals surface area contributed by atoms with Crippen molar-refractivity contribution in [3.05, 3.63) is 65.2 Å². The van der Waals surface area contributed by atoms with Gasteiger partial charge in [-0.25, -0.2) is 4.39 Å². The van der Waals surface area contributed by atoms with E-state index >= 15 is 0 Å². The lowest BCUT2D eigenvalue weighted by atomic mass is 10.1. The van der Waals surface area contributed by atoms with Gasteiger partial charge in [0.25, 0.3) is 0 Å². The lowest BCUT2D eigenvalue weighted by Crippen LogP contribution is -2.27. The number of nitrogens with one attached hydrogen (secondary N) is 1. The maximum Gasteiger partial charge on any atom is 0.220 e. The van der Waals surface area contributed by atoms with Gasteiger partial charge in [-0.3, -0.25) is 9.78 Å². The normalized spacial score (nSPS) is 12.0. The lowest BCUT2D eigenvalue weighted by molar-refractivity contribution is -0.121. The summed E-state index contributed by atoms with van der Waals surface area (Å²) < 4.78 is 12.8. The minimum absolute atomic E-state index is 0.0136. The first-order valence-corrected chi connectivity index (χ1v) is 7.51. The molecular formula is C18H21FN2O. The molecule has 0 aliphatic rings. The summed E-state index contributed by atoms with van der Waals surface area (Å²) in [5.41, 5.74) is 3.01. The average Bonchev–Trinajstić information content (AvgIpc) is 2.49. The molecule has 0 aliphatic heterocycles. The van der Waals surface area contributed by atoms with E-state index in [0.717, 1.165) is 29.7 Å². The highest BCUT2D eigenvalue weighted by Crippen LogP contribution is 2.14. The van der Waals surface area contributed by atoms with Crippen LogP contribution in [0.2, 0.25) is 0 Å². The molecule has 1 atom stereocenters. The van der Waals surface area contributed by atoms with E-state index in [2.05, 4.69) is 10.3 Å². The maximum absolute atomic E-state index is 12.8. The lowest BCUT2D eigenvalue weighted by Gasteiger charge is -2.15. The van der Waals surface area contributed by atoms with Crippen LogP contribution >= 0.6 is 0 Å². The van der Waals surface area contributed by atoms with Gasteiger partial charge < -0.3 is 5.32 Å². The molecular weight excluding hydrogens is 279 g/mol. The van der Waals surface area contributed by atoms with Gasteiger partial charge in [-0.15, -0.1) is 0 Å². The summed E-state index contributed by atoms with van der Waals surface area (Å²) >= 11 is 0. The second-order valence-corrected chi connectivity index (χ2v) is 5.47. The molecule has 1 N–H and O–H groups in total. The SMILES string of the molecule is Cc1cccnc1[C@@H](C)NC(=O)CCCc1ccc(F)cc1. The number of aryl methyl sites for hydroxylation is 2. The Morgan fingerprint density at radius 3 is 2.68 bits per heavy atom. The number of nitrogens with zero attached hydrogens (tertiary/aromatic N) is 1. The van der Waals surface area contributed by atoms with E-state index in [9.17, 15) is 9.18 Å². The van der Waals surface area contributed by atoms with E-state index < -0.39 is 0 Å². The van der Waals surface area contributed by atoms with Crippen LogP contribution in [-0.4, -0.2) is 10.9 Å². The minimum Gasteiger partial charge on any atom is -0.348 e. The molecule has 0 saturated heterocycles. The summed E-state index contributed by atoms with van der Waals surface area (Å²) in [5.74, 6) is -0.222. The number of aromatic nitrogens is 1. The van der Waals surface area contributed by atoms with Crippen LogP contribution in [0.4, 0.5) is 4.39 Å². The van der Waals surface area contributed by atoms with E-state index in [0.29, 0.717) is 6.42 Å². The Morgan fingerprint density at radius 2 is 2.00 bits per heavy atom. The fraction of sp³-hybridized carbons (Fsp3) is 0.333. The second kappa shape index (κ2) is 7.69. The number of pyridine rings is 1. The Kier molecular flexibility index (Phi) is 5.64. The van der Waals surface area contributed by atoms with Gasteiger partial charge in [0.15, 0.2) is 0 Å². The summed E-state index contributed by atoms with van der Waals surface area (Å²) in [4.78, 5) is 16.3. The number of hydrogen-bond donors (Lipinski definition) is 1. The fourth-order valence-electron chi connectivity index (χ4n) is 2.44. The molecule has 4 heteroatoms. The smallest absolute Gasteiger partial charge is 0.220 e. The highest BCUT2D eigenvalue weighted by atomic mass is 19.1. The van der Waals surface area contributed by atoms with E-state index in [-0.39, 0.29) is 17.8 Å². The van der Waals surface area contributed by atoms with Crippen LogP contribution in [0, 0.1) is 12.7 Å². The Balaban J connectivity index is 1.78. The zero-order valence-electron chi connectivity index (χ0n) is 13.0. The predicted octanol–water partition coefficient (Wildman–Crippen LogP) is 3.73. The maximum atomic E-state index is 12.8. The van der Waals surface area contributed by atoms with Crippen molar-refractivity contribution in [2.24, 2.45) is 0 Å². The molecule has 1 amide bonds. The van der Waals surface area contributed by atoms with Crippen molar-refractivity contribution >= 4 is 5.91 Å². The first-order valence-electron chi connectivity index (χ1n) is 7.51. The molecule has 0 fully saturated rings. The van der Waals surface area contributed by atoms with Crippen LogP contribution in [0.5, 0.6) is 0 Å². The Bertz CT molecular complexity index is 625. The molecule has 2 aromatic rings. The molecule has 1 aromatic heterocycles. The largest absolute Gasteiger partial charge is 0.348 e. The van der Waals surface area contributed by atoms with E-state index in [1.807, 2.05) is 26.0 Å². The number of rotatable bonds is 6. The van der Waals surface area contributed by atoms with Gasteiger partial charge in [-0.05, 0) is 56.0 Å². The molecule has 2 rings (SSSR count). The average molecular weight is 300 g/mol. The fourth-order valence-corrected chi connectivity index (χ4v) is 2.44. The van der Waals surface area contributed by atoms with Gasteiger partial charge in [0.05, 0.1) is 11.7 Å². The Hall–Kier alpha value is -2.23. The van der Waals surface area contributed by atoms with Gasteiger partial charge in [0, 0.05) is 12.6 Å². The van der Waals surface area contributed by atoms with E-state index in [1.165, 1.54) is 12.1 Å². The van der Waals surface area contributed by atoms with Crippen molar-refractivity contribution in [3.63, 3.8) is 0 Å². The molecule has 0 radical (unpaired) electrons. The molecule has 1 heterocycles. The van der Waals surface area contributed by atoms with Crippen LogP contribution in [0.1, 0.15) is 42.6 Å². The predicted molar refractivity (Wildman–Crippen MR) is 84.9 cm³/mol. The quantitative estimate of drug-likeness (QED) is 0.883. The third-order valence-electron chi connectivity index (χ3n) is 3.62. The number of hydrogen-bond acceptors (Lipinski definition) is 2. The third kappa shape index (κ3) is 4.65. The number of benzene rings is 1. The van der Waals surface area contributed by atoms with Crippen molar-refractivity contribution in [2.75, 3.05) is 0 Å². The second-order valence-electron chi connectivity index (χ2n) is 5.47. The zero-order chi connectivity index (χ0) is 15.9. The summed E-state index contributed by atoms with van der Waals surface area (Å²) in [5, 5.41) is 2.97. The van der Waals surface area contributed by atoms with Gasteiger partial charge in [0.1, 0.15) is 5.82 Å². The van der Waals surface area contributed by atoms with Crippen LogP contribution in [0.3, 0.4) is 0 Å². The van der Waals surface area contributed by atoms with Crippen LogP contribution in [0.25, 0.3) is 0 Å². The van der Waals surface area contributed by atoms with Gasteiger partial charge in [-0.2, -0.15) is 0 Å². The van der Waals surface area contributed by atoms with Crippen molar-refractivity contribution in [1.82, 2.24) is 10.3 Å². The number of amides is 1. The monoisotopic (exact) mass is 300 g/mol. The highest BCUT2D eigenvalue weighted by Gasteiger charge is 2.12. The Morgan fingerprint density at radius 1 is 1.27 bits per heavy atom. The van der Waals surface area contributed by atoms with E-state index in [1.54, 1.807) is 18.3 Å². The zero-order valence-corrected chi connectivity index (χ0v) is 13.0. The molecule has 0 aliphatic carbocycles. The highest BCUT2D eigenvalue weighted by molar-refractivity contribution is 5.76. The molecule has 0 saturated carbocycles. The number of carbonyl (C=O) groups excluding carboxylic acids is 1. The summed E-state index contributed by atoms with van der Waals surface area (Å²) in [6.07, 6.45) is 3.70. The summed E-state index contributed by atoms with van der Waals surface area (Å²) in [6.45, 7) is 3.92. The molecule has 0 unspecified atom stereocenters.